The molecule has 0 saturated carbocycles. The van der Waals surface area contributed by atoms with Crippen LogP contribution in [0.4, 0.5) is 0 Å². The van der Waals surface area contributed by atoms with Crippen molar-refractivity contribution in [1.29, 1.82) is 0 Å². The molecule has 0 aliphatic heterocycles. The van der Waals surface area contributed by atoms with Crippen LogP contribution in [0.2, 0.25) is 0 Å². The Balaban J connectivity index is 0.000000116. The summed E-state index contributed by atoms with van der Waals surface area (Å²) in [4.78, 5) is 0. The van der Waals surface area contributed by atoms with E-state index in [1.54, 1.807) is 0 Å². The lowest BCUT2D eigenvalue weighted by Gasteiger charge is -2.22. The van der Waals surface area contributed by atoms with Crippen LogP contribution in [0.3, 0.4) is 0 Å². The molecule has 0 heterocycles. The molecule has 4 aliphatic carbocycles. The molecule has 4 heteroatoms. The highest BCUT2D eigenvalue weighted by molar-refractivity contribution is 9.10. The molecule has 0 fully saturated rings. The predicted molar refractivity (Wildman–Crippen MR) is 417 cm³/mol. The van der Waals surface area contributed by atoms with Crippen molar-refractivity contribution in [2.24, 2.45) is 0 Å². The van der Waals surface area contributed by atoms with E-state index in [1.165, 1.54) is 177 Å². The summed E-state index contributed by atoms with van der Waals surface area (Å²) in [5.74, 6) is 0.625. The van der Waals surface area contributed by atoms with Gasteiger partial charge in [0.1, 0.15) is 5.75 Å². The zero-order chi connectivity index (χ0) is 66.0. The van der Waals surface area contributed by atoms with E-state index in [4.69, 9.17) is 9.68 Å². The van der Waals surface area contributed by atoms with Crippen molar-refractivity contribution >= 4 is 66.7 Å². The van der Waals surface area contributed by atoms with E-state index in [2.05, 4.69) is 341 Å². The molecule has 1 N–H and O–H groups in total. The Morgan fingerprint density at radius 2 is 0.582 bits per heavy atom. The normalized spacial score (nSPS) is 13.2. The van der Waals surface area contributed by atoms with E-state index in [0.29, 0.717) is 13.4 Å². The molecule has 20 rings (SSSR count). The van der Waals surface area contributed by atoms with Crippen LogP contribution >= 0.6 is 15.9 Å². The number of benzene rings is 16. The number of hydrogen-bond acceptors (Lipinski definition) is 2. The Labute approximate surface area is 581 Å². The standard InChI is InChI=1S/C47H32.C25H20BO2.C22H13Br/c1-47(2)44-16-6-5-13-39(44)40-22-21-34(28-45(40)47)33-20-19-31-25-30(17-18-32(31)26-33)29-9-7-10-35(27-29)36-23-24-43-38-12-4-3-11-37(38)42-15-8-14-41(36)46(42)43;1-25(2)23-6-4-3-5-21(23)22-12-10-19(15-24(22)25)16-7-8-18-14-20(28-26-27)11-9-17(18)13-16;23-15-6-3-5-14(13-15)16-11-12-21-18-8-2-1-7-17(18)20-10-4-9-19(16)22(20)21/h3-28H,1-2H3;3-15,27H,1-2H3;1-13H. The molecule has 0 bridgehead atoms. The second-order valence-electron chi connectivity index (χ2n) is 27.5. The van der Waals surface area contributed by atoms with Crippen LogP contribution in [0.25, 0.3) is 165 Å². The van der Waals surface area contributed by atoms with Crippen LogP contribution in [0.15, 0.2) is 320 Å². The summed E-state index contributed by atoms with van der Waals surface area (Å²) < 4.78 is 6.18. The van der Waals surface area contributed by atoms with Gasteiger partial charge >= 0.3 is 7.69 Å². The monoisotopic (exact) mass is 1320 g/mol. The predicted octanol–water partition coefficient (Wildman–Crippen LogP) is 25.6. The second-order valence-corrected chi connectivity index (χ2v) is 28.5. The van der Waals surface area contributed by atoms with Gasteiger partial charge in [-0.15, -0.1) is 0 Å². The molecule has 0 unspecified atom stereocenters. The SMILES string of the molecule is Brc1cccc(-c2ccc3c4c(cccc24)-c2ccccc2-3)c1.CC1(C)c2ccccc2-c2ccc(-c3ccc4cc(-c5cccc(-c6ccc7c8c(cccc68)-c6ccccc6-7)c5)ccc4c3)cc21.CC1(C)c2ccccc2-c2ccc(-c3ccc4cc(O[B]O)ccc4c3)cc21. The van der Waals surface area contributed by atoms with Gasteiger partial charge in [-0.05, 0) is 248 Å². The van der Waals surface area contributed by atoms with Crippen molar-refractivity contribution in [3.8, 4) is 128 Å². The highest BCUT2D eigenvalue weighted by atomic mass is 79.9. The maximum absolute atomic E-state index is 8.82. The van der Waals surface area contributed by atoms with E-state index in [1.807, 2.05) is 18.2 Å². The van der Waals surface area contributed by atoms with E-state index in [0.717, 1.165) is 15.2 Å². The summed E-state index contributed by atoms with van der Waals surface area (Å²) in [6, 6.07) is 115. The van der Waals surface area contributed by atoms with Crippen LogP contribution in [0.1, 0.15) is 49.9 Å². The lowest BCUT2D eigenvalue weighted by Crippen LogP contribution is -2.14. The lowest BCUT2D eigenvalue weighted by atomic mass is 9.81. The van der Waals surface area contributed by atoms with E-state index in [-0.39, 0.29) is 10.8 Å². The van der Waals surface area contributed by atoms with E-state index in [9.17, 15) is 0 Å². The van der Waals surface area contributed by atoms with Crippen LogP contribution in [-0.4, -0.2) is 12.7 Å². The summed E-state index contributed by atoms with van der Waals surface area (Å²) in [5, 5.41) is 19.0. The Morgan fingerprint density at radius 3 is 1.05 bits per heavy atom. The van der Waals surface area contributed by atoms with Gasteiger partial charge in [-0.3, -0.25) is 0 Å². The van der Waals surface area contributed by atoms with Crippen molar-refractivity contribution in [2.75, 3.05) is 0 Å². The molecule has 0 aromatic heterocycles. The van der Waals surface area contributed by atoms with Gasteiger partial charge in [0.25, 0.3) is 0 Å². The zero-order valence-electron chi connectivity index (χ0n) is 54.8. The van der Waals surface area contributed by atoms with Crippen molar-refractivity contribution in [3.63, 3.8) is 0 Å². The third-order valence-electron chi connectivity index (χ3n) is 21.4. The molecule has 1 radical (unpaired) electrons. The van der Waals surface area contributed by atoms with E-state index >= 15 is 0 Å². The summed E-state index contributed by atoms with van der Waals surface area (Å²) in [6.07, 6.45) is 0. The first-order valence-electron chi connectivity index (χ1n) is 33.8. The van der Waals surface area contributed by atoms with Crippen molar-refractivity contribution in [2.45, 2.75) is 38.5 Å². The maximum Gasteiger partial charge on any atom is 0.569 e. The topological polar surface area (TPSA) is 29.5 Å². The second kappa shape index (κ2) is 23.3. The Bertz CT molecular complexity index is 5930. The number of fused-ring (bicyclic) bond motifs is 14. The molecule has 2 nitrogen and oxygen atoms in total. The number of hydrogen-bond donors (Lipinski definition) is 1. The Hall–Kier alpha value is -11.1. The quantitative estimate of drug-likeness (QED) is 0.161. The Kier molecular flexibility index (Phi) is 14.1. The van der Waals surface area contributed by atoms with Gasteiger partial charge in [0.15, 0.2) is 0 Å². The molecule has 463 valence electrons. The van der Waals surface area contributed by atoms with Crippen LogP contribution in [0.5, 0.6) is 5.75 Å². The first-order chi connectivity index (χ1) is 47.9. The van der Waals surface area contributed by atoms with Gasteiger partial charge in [-0.25, -0.2) is 0 Å². The van der Waals surface area contributed by atoms with Crippen molar-refractivity contribution in [1.82, 2.24) is 0 Å². The highest BCUT2D eigenvalue weighted by Crippen LogP contribution is 2.54. The van der Waals surface area contributed by atoms with Gasteiger partial charge < -0.3 is 9.68 Å². The minimum absolute atomic E-state index is 0.0000248. The molecule has 4 aliphatic rings. The average molecular weight is 1320 g/mol. The molecule has 16 aromatic carbocycles. The highest BCUT2D eigenvalue weighted by Gasteiger charge is 2.37. The molecule has 0 saturated heterocycles. The van der Waals surface area contributed by atoms with Gasteiger partial charge in [-0.2, -0.15) is 0 Å². The summed E-state index contributed by atoms with van der Waals surface area (Å²) >= 11 is 3.59. The summed E-state index contributed by atoms with van der Waals surface area (Å²) in [5.41, 5.74) is 34.3. The van der Waals surface area contributed by atoms with Crippen LogP contribution < -0.4 is 4.65 Å². The average Bonchev–Trinajstić information content (AvgIpc) is 1.59. The molecule has 98 heavy (non-hydrogen) atoms. The van der Waals surface area contributed by atoms with Gasteiger partial charge in [0.2, 0.25) is 0 Å². The molecular formula is C94H65BBrO2. The minimum atomic E-state index is 0.0000248. The molecule has 0 amide bonds. The zero-order valence-corrected chi connectivity index (χ0v) is 56.4. The van der Waals surface area contributed by atoms with Gasteiger partial charge in [0.05, 0.1) is 0 Å². The third-order valence-corrected chi connectivity index (χ3v) is 21.9. The summed E-state index contributed by atoms with van der Waals surface area (Å²) in [7, 11) is 0.708. The van der Waals surface area contributed by atoms with Crippen molar-refractivity contribution in [3.05, 3.63) is 342 Å². The molecule has 0 spiro atoms. The molecular weight excluding hydrogens is 1250 g/mol. The van der Waals surface area contributed by atoms with Crippen LogP contribution in [0, 0.1) is 0 Å². The van der Waals surface area contributed by atoms with Gasteiger partial charge in [0, 0.05) is 15.3 Å². The largest absolute Gasteiger partial charge is 0.569 e. The van der Waals surface area contributed by atoms with Crippen molar-refractivity contribution < 1.29 is 9.68 Å². The van der Waals surface area contributed by atoms with E-state index < -0.39 is 0 Å². The van der Waals surface area contributed by atoms with Crippen LogP contribution in [-0.2, 0) is 10.8 Å². The minimum Gasteiger partial charge on any atom is -0.537 e. The fraction of sp³-hybridized carbons (Fsp3) is 0.0638. The van der Waals surface area contributed by atoms with Gasteiger partial charge in [-0.1, -0.05) is 298 Å². The summed E-state index contributed by atoms with van der Waals surface area (Å²) in [6.45, 7) is 9.31. The third kappa shape index (κ3) is 9.72. The number of halogens is 1. The Morgan fingerprint density at radius 1 is 0.255 bits per heavy atom. The first kappa shape index (κ1) is 59.4. The fourth-order valence-electron chi connectivity index (χ4n) is 16.6. The number of rotatable bonds is 7. The molecule has 16 aromatic rings. The smallest absolute Gasteiger partial charge is 0.537 e. The first-order valence-corrected chi connectivity index (χ1v) is 34.6. The maximum atomic E-state index is 8.82. The molecule has 0 atom stereocenters. The fourth-order valence-corrected chi connectivity index (χ4v) is 17.0. The lowest BCUT2D eigenvalue weighted by molar-refractivity contribution is 0.454.